The molecule has 0 N–H and O–H groups in total. The Kier molecular flexibility index (Phi) is 5.13. The number of nitrogens with zero attached hydrogens (tertiary/aromatic N) is 4. The molecule has 3 aromatic rings. The predicted molar refractivity (Wildman–Crippen MR) is 104 cm³/mol. The summed E-state index contributed by atoms with van der Waals surface area (Å²) >= 11 is 2.84. The van der Waals surface area contributed by atoms with Gasteiger partial charge in [0.2, 0.25) is 5.91 Å². The van der Waals surface area contributed by atoms with Gasteiger partial charge in [-0.05, 0) is 19.1 Å². The van der Waals surface area contributed by atoms with Crippen LogP contribution >= 0.6 is 23.1 Å². The number of furan rings is 1. The van der Waals surface area contributed by atoms with Gasteiger partial charge in [0.05, 0.1) is 5.25 Å². The number of carbonyl (C=O) groups excluding carboxylic acids is 2. The van der Waals surface area contributed by atoms with Gasteiger partial charge in [0.15, 0.2) is 10.1 Å². The first kappa shape index (κ1) is 18.0. The number of benzene rings is 1. The zero-order valence-electron chi connectivity index (χ0n) is 14.7. The van der Waals surface area contributed by atoms with E-state index in [4.69, 9.17) is 4.42 Å². The standard InChI is InChI=1S/C18H18N4O3S2/c1-12(27-18-20-19-11-26-18)16(23)21-6-8-22(9-7-21)17(24)15-10-13-4-2-3-5-14(13)25-15/h2-5,10-12H,6-9H2,1H3/t12-/m0/s1. The Morgan fingerprint density at radius 2 is 1.93 bits per heavy atom. The number of piperazine rings is 1. The van der Waals surface area contributed by atoms with Crippen LogP contribution in [0, 0.1) is 0 Å². The highest BCUT2D eigenvalue weighted by Crippen LogP contribution is 2.26. The van der Waals surface area contributed by atoms with Crippen molar-refractivity contribution in [1.82, 2.24) is 20.0 Å². The Morgan fingerprint density at radius 1 is 1.19 bits per heavy atom. The number of carbonyl (C=O) groups is 2. The van der Waals surface area contributed by atoms with Crippen molar-refractivity contribution in [2.75, 3.05) is 26.2 Å². The lowest BCUT2D eigenvalue weighted by Gasteiger charge is -2.35. The van der Waals surface area contributed by atoms with E-state index in [1.54, 1.807) is 21.4 Å². The second kappa shape index (κ2) is 7.69. The lowest BCUT2D eigenvalue weighted by Crippen LogP contribution is -2.52. The Balaban J connectivity index is 1.35. The van der Waals surface area contributed by atoms with Gasteiger partial charge in [-0.25, -0.2) is 0 Å². The van der Waals surface area contributed by atoms with E-state index in [2.05, 4.69) is 10.2 Å². The molecule has 0 spiro atoms. The summed E-state index contributed by atoms with van der Waals surface area (Å²) in [4.78, 5) is 28.9. The molecule has 0 aliphatic carbocycles. The molecule has 1 fully saturated rings. The summed E-state index contributed by atoms with van der Waals surface area (Å²) in [6.07, 6.45) is 0. The van der Waals surface area contributed by atoms with Crippen LogP contribution in [0.2, 0.25) is 0 Å². The van der Waals surface area contributed by atoms with Gasteiger partial charge in [0.1, 0.15) is 11.1 Å². The van der Waals surface area contributed by atoms with Crippen molar-refractivity contribution in [2.24, 2.45) is 0 Å². The topological polar surface area (TPSA) is 79.5 Å². The molecule has 1 aromatic carbocycles. The Morgan fingerprint density at radius 3 is 2.63 bits per heavy atom. The average Bonchev–Trinajstić information content (AvgIpc) is 3.36. The number of fused-ring (bicyclic) bond motifs is 1. The van der Waals surface area contributed by atoms with Crippen LogP contribution in [0.15, 0.2) is 44.6 Å². The molecule has 2 amide bonds. The molecule has 0 radical (unpaired) electrons. The summed E-state index contributed by atoms with van der Waals surface area (Å²) in [6, 6.07) is 9.34. The summed E-state index contributed by atoms with van der Waals surface area (Å²) in [5.41, 5.74) is 2.36. The van der Waals surface area contributed by atoms with Gasteiger partial charge in [-0.3, -0.25) is 9.59 Å². The molecule has 1 atom stereocenters. The van der Waals surface area contributed by atoms with E-state index in [-0.39, 0.29) is 17.1 Å². The predicted octanol–water partition coefficient (Wildman–Crippen LogP) is 2.75. The molecule has 1 saturated heterocycles. The van der Waals surface area contributed by atoms with Gasteiger partial charge < -0.3 is 14.2 Å². The monoisotopic (exact) mass is 402 g/mol. The summed E-state index contributed by atoms with van der Waals surface area (Å²) in [5, 5.41) is 8.45. The minimum absolute atomic E-state index is 0.0611. The Bertz CT molecular complexity index is 916. The van der Waals surface area contributed by atoms with Crippen molar-refractivity contribution in [3.8, 4) is 0 Å². The maximum Gasteiger partial charge on any atom is 0.289 e. The second-order valence-corrected chi connectivity index (χ2v) is 8.65. The SMILES string of the molecule is C[C@H](Sc1nncs1)C(=O)N1CCN(C(=O)c2cc3ccccc3o2)CC1. The highest BCUT2D eigenvalue weighted by Gasteiger charge is 2.29. The van der Waals surface area contributed by atoms with Gasteiger partial charge in [-0.15, -0.1) is 10.2 Å². The number of aromatic nitrogens is 2. The van der Waals surface area contributed by atoms with Crippen molar-refractivity contribution in [2.45, 2.75) is 16.5 Å². The van der Waals surface area contributed by atoms with Crippen molar-refractivity contribution < 1.29 is 14.0 Å². The molecule has 4 rings (SSSR count). The van der Waals surface area contributed by atoms with E-state index in [1.807, 2.05) is 31.2 Å². The van der Waals surface area contributed by atoms with Crippen LogP contribution in [0.5, 0.6) is 0 Å². The van der Waals surface area contributed by atoms with E-state index in [9.17, 15) is 9.59 Å². The Hall–Kier alpha value is -2.39. The molecule has 3 heterocycles. The van der Waals surface area contributed by atoms with Crippen molar-refractivity contribution in [3.63, 3.8) is 0 Å². The zero-order chi connectivity index (χ0) is 18.8. The molecule has 27 heavy (non-hydrogen) atoms. The van der Waals surface area contributed by atoms with Crippen LogP contribution in [0.25, 0.3) is 11.0 Å². The molecule has 7 nitrogen and oxygen atoms in total. The maximum absolute atomic E-state index is 12.7. The fourth-order valence-electron chi connectivity index (χ4n) is 3.05. The summed E-state index contributed by atoms with van der Waals surface area (Å²) in [7, 11) is 0. The number of hydrogen-bond donors (Lipinski definition) is 0. The zero-order valence-corrected chi connectivity index (χ0v) is 16.3. The minimum Gasteiger partial charge on any atom is -0.451 e. The molecular weight excluding hydrogens is 384 g/mol. The van der Waals surface area contributed by atoms with Crippen LogP contribution in [-0.4, -0.2) is 63.2 Å². The van der Waals surface area contributed by atoms with Crippen molar-refractivity contribution in [3.05, 3.63) is 41.6 Å². The molecule has 140 valence electrons. The number of para-hydroxylation sites is 1. The molecular formula is C18H18N4O3S2. The summed E-state index contributed by atoms with van der Waals surface area (Å²) in [6.45, 7) is 3.91. The molecule has 0 unspecified atom stereocenters. The van der Waals surface area contributed by atoms with E-state index in [0.717, 1.165) is 9.73 Å². The number of amides is 2. The van der Waals surface area contributed by atoms with E-state index < -0.39 is 0 Å². The highest BCUT2D eigenvalue weighted by molar-refractivity contribution is 8.02. The fourth-order valence-corrected chi connectivity index (χ4v) is 4.76. The first-order valence-corrected chi connectivity index (χ1v) is 10.4. The third-order valence-electron chi connectivity index (χ3n) is 4.48. The third kappa shape index (κ3) is 3.84. The molecule has 9 heteroatoms. The van der Waals surface area contributed by atoms with E-state index >= 15 is 0 Å². The van der Waals surface area contributed by atoms with Crippen LogP contribution in [-0.2, 0) is 4.79 Å². The fraction of sp³-hybridized carbons (Fsp3) is 0.333. The lowest BCUT2D eigenvalue weighted by atomic mass is 10.2. The lowest BCUT2D eigenvalue weighted by molar-refractivity contribution is -0.131. The smallest absolute Gasteiger partial charge is 0.289 e. The van der Waals surface area contributed by atoms with Gasteiger partial charge in [0, 0.05) is 31.6 Å². The second-order valence-electron chi connectivity index (χ2n) is 6.23. The molecule has 1 aliphatic heterocycles. The van der Waals surface area contributed by atoms with Crippen LogP contribution in [0.4, 0.5) is 0 Å². The van der Waals surface area contributed by atoms with Crippen LogP contribution in [0.1, 0.15) is 17.5 Å². The van der Waals surface area contributed by atoms with Gasteiger partial charge in [-0.1, -0.05) is 41.3 Å². The first-order chi connectivity index (χ1) is 13.1. The van der Waals surface area contributed by atoms with Crippen molar-refractivity contribution >= 4 is 45.9 Å². The largest absolute Gasteiger partial charge is 0.451 e. The maximum atomic E-state index is 12.7. The van der Waals surface area contributed by atoms with Crippen LogP contribution in [0.3, 0.4) is 0 Å². The molecule has 0 bridgehead atoms. The molecule has 1 aliphatic rings. The number of thioether (sulfide) groups is 1. The highest BCUT2D eigenvalue weighted by atomic mass is 32.2. The normalized spacial score (nSPS) is 15.9. The van der Waals surface area contributed by atoms with Crippen LogP contribution < -0.4 is 0 Å². The third-order valence-corrected chi connectivity index (χ3v) is 6.38. The molecule has 2 aromatic heterocycles. The first-order valence-electron chi connectivity index (χ1n) is 8.61. The quantitative estimate of drug-likeness (QED) is 0.625. The van der Waals surface area contributed by atoms with Gasteiger partial charge in [-0.2, -0.15) is 0 Å². The average molecular weight is 403 g/mol. The minimum atomic E-state index is -0.226. The van der Waals surface area contributed by atoms with Crippen molar-refractivity contribution in [1.29, 1.82) is 0 Å². The number of hydrogen-bond acceptors (Lipinski definition) is 7. The summed E-state index contributed by atoms with van der Waals surface area (Å²) in [5.74, 6) is 0.275. The van der Waals surface area contributed by atoms with Gasteiger partial charge >= 0.3 is 0 Å². The summed E-state index contributed by atoms with van der Waals surface area (Å²) < 4.78 is 6.45. The Labute approximate surface area is 164 Å². The van der Waals surface area contributed by atoms with E-state index in [0.29, 0.717) is 37.5 Å². The molecule has 0 saturated carbocycles. The van der Waals surface area contributed by atoms with Gasteiger partial charge in [0.25, 0.3) is 5.91 Å². The van der Waals surface area contributed by atoms with E-state index in [1.165, 1.54) is 23.1 Å². The number of rotatable bonds is 4.